The minimum atomic E-state index is -0.926. The largest absolute Gasteiger partial charge is 0.462 e. The lowest BCUT2D eigenvalue weighted by Crippen LogP contribution is -2.30. The van der Waals surface area contributed by atoms with Crippen LogP contribution in [0.2, 0.25) is 0 Å². The molecule has 0 aromatic carbocycles. The van der Waals surface area contributed by atoms with E-state index in [-0.39, 0.29) is 13.0 Å². The molecular weight excluding hydrogens is 240 g/mol. The number of hydrogen-bond donors (Lipinski definition) is 0. The van der Waals surface area contributed by atoms with Gasteiger partial charge < -0.3 is 14.2 Å². The topological polar surface area (TPSA) is 78.9 Å². The second kappa shape index (κ2) is 5.37. The van der Waals surface area contributed by atoms with Crippen molar-refractivity contribution in [3.63, 3.8) is 0 Å². The summed E-state index contributed by atoms with van der Waals surface area (Å²) >= 11 is 0. The molecule has 1 aliphatic rings. The van der Waals surface area contributed by atoms with Crippen LogP contribution in [0.4, 0.5) is 0 Å². The zero-order valence-electron chi connectivity index (χ0n) is 11.0. The van der Waals surface area contributed by atoms with E-state index in [1.165, 1.54) is 6.92 Å². The minimum absolute atomic E-state index is 0.0274. The first-order valence-electron chi connectivity index (χ1n) is 5.76. The van der Waals surface area contributed by atoms with E-state index in [1.807, 2.05) is 0 Å². The Morgan fingerprint density at radius 1 is 1.39 bits per heavy atom. The van der Waals surface area contributed by atoms with Gasteiger partial charge >= 0.3 is 17.9 Å². The number of carbonyl (C=O) groups is 3. The van der Waals surface area contributed by atoms with Crippen LogP contribution in [-0.4, -0.2) is 36.2 Å². The first-order chi connectivity index (χ1) is 8.19. The normalized spacial score (nSPS) is 23.4. The third-order valence-corrected chi connectivity index (χ3v) is 2.23. The van der Waals surface area contributed by atoms with Crippen LogP contribution in [-0.2, 0) is 28.6 Å². The number of carbonyl (C=O) groups excluding carboxylic acids is 3. The molecule has 0 N–H and O–H groups in total. The number of cyclic esters (lactones) is 1. The Kier molecular flexibility index (Phi) is 4.32. The molecule has 6 heteroatoms. The average molecular weight is 258 g/mol. The maximum absolute atomic E-state index is 11.7. The molecule has 1 saturated heterocycles. The summed E-state index contributed by atoms with van der Waals surface area (Å²) < 4.78 is 14.8. The Labute approximate surface area is 106 Å². The molecule has 1 heterocycles. The number of ether oxygens (including phenoxy) is 3. The predicted molar refractivity (Wildman–Crippen MR) is 60.5 cm³/mol. The second-order valence-corrected chi connectivity index (χ2v) is 5.18. The summed E-state index contributed by atoms with van der Waals surface area (Å²) in [7, 11) is 0. The van der Waals surface area contributed by atoms with Gasteiger partial charge in [-0.2, -0.15) is 0 Å². The Morgan fingerprint density at radius 2 is 2.00 bits per heavy atom. The SMILES string of the molecule is CC(=O)OCC1CC(C(=O)OC(C)(C)C)C(=O)O1. The van der Waals surface area contributed by atoms with Crippen LogP contribution < -0.4 is 0 Å². The summed E-state index contributed by atoms with van der Waals surface area (Å²) in [6.07, 6.45) is -0.389. The molecule has 2 unspecified atom stereocenters. The lowest BCUT2D eigenvalue weighted by atomic mass is 10.1. The van der Waals surface area contributed by atoms with E-state index in [9.17, 15) is 14.4 Å². The van der Waals surface area contributed by atoms with Crippen LogP contribution >= 0.6 is 0 Å². The highest BCUT2D eigenvalue weighted by Gasteiger charge is 2.42. The molecule has 0 spiro atoms. The molecule has 18 heavy (non-hydrogen) atoms. The van der Waals surface area contributed by atoms with Gasteiger partial charge in [0, 0.05) is 13.3 Å². The van der Waals surface area contributed by atoms with Crippen LogP contribution in [0.15, 0.2) is 0 Å². The predicted octanol–water partition coefficient (Wildman–Crippen LogP) is 0.823. The summed E-state index contributed by atoms with van der Waals surface area (Å²) in [4.78, 5) is 33.8. The highest BCUT2D eigenvalue weighted by atomic mass is 16.6. The van der Waals surface area contributed by atoms with Gasteiger partial charge in [0.25, 0.3) is 0 Å². The Morgan fingerprint density at radius 3 is 2.50 bits per heavy atom. The van der Waals surface area contributed by atoms with Crippen LogP contribution in [0, 0.1) is 5.92 Å². The average Bonchev–Trinajstić information content (AvgIpc) is 2.54. The number of hydrogen-bond acceptors (Lipinski definition) is 6. The lowest BCUT2D eigenvalue weighted by Gasteiger charge is -2.20. The van der Waals surface area contributed by atoms with Crippen molar-refractivity contribution in [2.24, 2.45) is 5.92 Å². The zero-order chi connectivity index (χ0) is 13.9. The van der Waals surface area contributed by atoms with Gasteiger partial charge in [-0.1, -0.05) is 0 Å². The molecule has 0 amide bonds. The molecule has 0 bridgehead atoms. The molecule has 2 atom stereocenters. The fourth-order valence-corrected chi connectivity index (χ4v) is 1.53. The maximum Gasteiger partial charge on any atom is 0.320 e. The Hall–Kier alpha value is -1.59. The van der Waals surface area contributed by atoms with Gasteiger partial charge in [0.15, 0.2) is 5.92 Å². The Bertz CT molecular complexity index is 354. The first-order valence-corrected chi connectivity index (χ1v) is 5.76. The summed E-state index contributed by atoms with van der Waals surface area (Å²) in [5, 5.41) is 0. The van der Waals surface area contributed by atoms with Crippen LogP contribution in [0.3, 0.4) is 0 Å². The zero-order valence-corrected chi connectivity index (χ0v) is 11.0. The highest BCUT2D eigenvalue weighted by molar-refractivity contribution is 5.96. The van der Waals surface area contributed by atoms with Crippen molar-refractivity contribution in [1.82, 2.24) is 0 Å². The maximum atomic E-state index is 11.7. The summed E-state index contributed by atoms with van der Waals surface area (Å²) in [5.41, 5.74) is -0.647. The van der Waals surface area contributed by atoms with Crippen LogP contribution in [0.25, 0.3) is 0 Å². The van der Waals surface area contributed by atoms with Gasteiger partial charge in [-0.15, -0.1) is 0 Å². The molecule has 0 aromatic heterocycles. The van der Waals surface area contributed by atoms with Crippen molar-refractivity contribution in [2.75, 3.05) is 6.61 Å². The van der Waals surface area contributed by atoms with Crippen molar-refractivity contribution in [3.8, 4) is 0 Å². The molecule has 0 radical (unpaired) electrons. The van der Waals surface area contributed by atoms with Gasteiger partial charge in [0.1, 0.15) is 18.3 Å². The smallest absolute Gasteiger partial charge is 0.320 e. The van der Waals surface area contributed by atoms with E-state index < -0.39 is 35.5 Å². The molecule has 1 rings (SSSR count). The molecule has 1 aliphatic heterocycles. The summed E-state index contributed by atoms with van der Waals surface area (Å²) in [6, 6.07) is 0. The minimum Gasteiger partial charge on any atom is -0.462 e. The fourth-order valence-electron chi connectivity index (χ4n) is 1.53. The third kappa shape index (κ3) is 4.35. The van der Waals surface area contributed by atoms with E-state index in [1.54, 1.807) is 20.8 Å². The first kappa shape index (κ1) is 14.5. The van der Waals surface area contributed by atoms with Gasteiger partial charge in [-0.25, -0.2) is 0 Å². The van der Waals surface area contributed by atoms with Crippen molar-refractivity contribution >= 4 is 17.9 Å². The molecule has 0 aromatic rings. The van der Waals surface area contributed by atoms with E-state index in [0.717, 1.165) is 0 Å². The second-order valence-electron chi connectivity index (χ2n) is 5.18. The van der Waals surface area contributed by atoms with Crippen molar-refractivity contribution in [2.45, 2.75) is 45.8 Å². The number of rotatable bonds is 3. The van der Waals surface area contributed by atoms with Gasteiger partial charge in [-0.05, 0) is 20.8 Å². The molecule has 6 nitrogen and oxygen atoms in total. The molecular formula is C12H18O6. The van der Waals surface area contributed by atoms with Crippen molar-refractivity contribution in [3.05, 3.63) is 0 Å². The van der Waals surface area contributed by atoms with Crippen LogP contribution in [0.1, 0.15) is 34.1 Å². The molecule has 0 aliphatic carbocycles. The van der Waals surface area contributed by atoms with E-state index in [2.05, 4.69) is 0 Å². The lowest BCUT2D eigenvalue weighted by molar-refractivity contribution is -0.165. The molecule has 0 saturated carbocycles. The highest BCUT2D eigenvalue weighted by Crippen LogP contribution is 2.24. The molecule has 102 valence electrons. The summed E-state index contributed by atoms with van der Waals surface area (Å²) in [6.45, 7) is 6.41. The monoisotopic (exact) mass is 258 g/mol. The van der Waals surface area contributed by atoms with Gasteiger partial charge in [0.05, 0.1) is 0 Å². The summed E-state index contributed by atoms with van der Waals surface area (Å²) in [5.74, 6) is -2.60. The molecule has 1 fully saturated rings. The van der Waals surface area contributed by atoms with Gasteiger partial charge in [-0.3, -0.25) is 14.4 Å². The number of esters is 3. The van der Waals surface area contributed by atoms with Crippen molar-refractivity contribution < 1.29 is 28.6 Å². The quantitative estimate of drug-likeness (QED) is 0.423. The van der Waals surface area contributed by atoms with E-state index >= 15 is 0 Å². The third-order valence-electron chi connectivity index (χ3n) is 2.23. The van der Waals surface area contributed by atoms with Crippen LogP contribution in [0.5, 0.6) is 0 Å². The van der Waals surface area contributed by atoms with E-state index in [4.69, 9.17) is 14.2 Å². The van der Waals surface area contributed by atoms with E-state index in [0.29, 0.717) is 0 Å². The Balaban J connectivity index is 2.51. The fraction of sp³-hybridized carbons (Fsp3) is 0.750. The van der Waals surface area contributed by atoms with Gasteiger partial charge in [0.2, 0.25) is 0 Å². The van der Waals surface area contributed by atoms with Crippen molar-refractivity contribution in [1.29, 1.82) is 0 Å². The standard InChI is InChI=1S/C12H18O6/c1-7(13)16-6-8-5-9(10(14)17-8)11(15)18-12(2,3)4/h8-9H,5-6H2,1-4H3.